The highest BCUT2D eigenvalue weighted by molar-refractivity contribution is 5.79. The zero-order chi connectivity index (χ0) is 13.7. The van der Waals surface area contributed by atoms with Gasteiger partial charge in [0.1, 0.15) is 5.75 Å². The Morgan fingerprint density at radius 1 is 1.26 bits per heavy atom. The number of nitrogens with one attached hydrogen (secondary N) is 1. The number of carbonyl (C=O) groups is 1. The van der Waals surface area contributed by atoms with Gasteiger partial charge in [-0.25, -0.2) is 0 Å². The molecule has 1 aliphatic rings. The van der Waals surface area contributed by atoms with Gasteiger partial charge in [-0.1, -0.05) is 18.6 Å². The van der Waals surface area contributed by atoms with Gasteiger partial charge < -0.3 is 14.8 Å². The van der Waals surface area contributed by atoms with E-state index in [0.29, 0.717) is 0 Å². The van der Waals surface area contributed by atoms with Crippen molar-refractivity contribution >= 4 is 5.97 Å². The molecule has 4 heteroatoms. The average molecular weight is 263 g/mol. The van der Waals surface area contributed by atoms with Gasteiger partial charge in [-0.2, -0.15) is 0 Å². The van der Waals surface area contributed by atoms with Gasteiger partial charge in [-0.3, -0.25) is 4.79 Å². The highest BCUT2D eigenvalue weighted by Gasteiger charge is 2.31. The summed E-state index contributed by atoms with van der Waals surface area (Å²) in [7, 11) is 3.08. The number of carbonyl (C=O) groups excluding carboxylic acids is 1. The third kappa shape index (κ3) is 3.26. The molecule has 1 aliphatic heterocycles. The van der Waals surface area contributed by atoms with Crippen LogP contribution in [0.2, 0.25) is 0 Å². The molecule has 0 saturated carbocycles. The fraction of sp³-hybridized carbons (Fsp3) is 0.533. The van der Waals surface area contributed by atoms with Crippen LogP contribution in [-0.2, 0) is 9.53 Å². The van der Waals surface area contributed by atoms with Crippen molar-refractivity contribution in [3.8, 4) is 5.75 Å². The van der Waals surface area contributed by atoms with E-state index in [1.807, 2.05) is 24.3 Å². The molecule has 0 spiro atoms. The number of methoxy groups -OCH3 is 2. The maximum atomic E-state index is 12.1. The molecule has 1 fully saturated rings. The van der Waals surface area contributed by atoms with E-state index in [1.165, 1.54) is 13.5 Å². The van der Waals surface area contributed by atoms with E-state index in [4.69, 9.17) is 9.47 Å². The molecule has 104 valence electrons. The molecule has 0 bridgehead atoms. The number of rotatable bonds is 4. The predicted octanol–water partition coefficient (Wildman–Crippen LogP) is 2.09. The van der Waals surface area contributed by atoms with Crippen molar-refractivity contribution in [3.63, 3.8) is 0 Å². The number of piperidine rings is 1. The molecule has 0 amide bonds. The van der Waals surface area contributed by atoms with Crippen LogP contribution >= 0.6 is 0 Å². The molecule has 1 saturated heterocycles. The van der Waals surface area contributed by atoms with Crippen LogP contribution in [0.4, 0.5) is 0 Å². The van der Waals surface area contributed by atoms with Crippen LogP contribution in [0.15, 0.2) is 24.3 Å². The Morgan fingerprint density at radius 2 is 2.00 bits per heavy atom. The molecule has 0 aliphatic carbocycles. The second-order valence-electron chi connectivity index (χ2n) is 4.83. The first-order valence-corrected chi connectivity index (χ1v) is 6.71. The first kappa shape index (κ1) is 13.9. The molecule has 2 atom stereocenters. The Morgan fingerprint density at radius 3 is 2.53 bits per heavy atom. The summed E-state index contributed by atoms with van der Waals surface area (Å²) in [5.74, 6) is 0.379. The summed E-state index contributed by atoms with van der Waals surface area (Å²) in [5.41, 5.74) is 0.979. The van der Waals surface area contributed by atoms with Gasteiger partial charge in [0.2, 0.25) is 0 Å². The highest BCUT2D eigenvalue weighted by Crippen LogP contribution is 2.28. The Labute approximate surface area is 114 Å². The SMILES string of the molecule is COC(=O)[C@H](c1ccc(OC)cc1)[C@H]1CCCCN1. The van der Waals surface area contributed by atoms with Crippen LogP contribution in [0.3, 0.4) is 0 Å². The number of benzene rings is 1. The molecular formula is C15H21NO3. The minimum absolute atomic E-state index is 0.162. The van der Waals surface area contributed by atoms with Gasteiger partial charge in [0.25, 0.3) is 0 Å². The summed E-state index contributed by atoms with van der Waals surface area (Å²) in [6.45, 7) is 0.967. The van der Waals surface area contributed by atoms with Gasteiger partial charge in [0.15, 0.2) is 0 Å². The Kier molecular flexibility index (Phi) is 4.80. The smallest absolute Gasteiger partial charge is 0.314 e. The van der Waals surface area contributed by atoms with E-state index in [2.05, 4.69) is 5.32 Å². The van der Waals surface area contributed by atoms with E-state index in [1.54, 1.807) is 7.11 Å². The van der Waals surface area contributed by atoms with E-state index in [-0.39, 0.29) is 17.9 Å². The van der Waals surface area contributed by atoms with Gasteiger partial charge in [0, 0.05) is 6.04 Å². The fourth-order valence-corrected chi connectivity index (χ4v) is 2.63. The maximum Gasteiger partial charge on any atom is 0.314 e. The molecule has 4 nitrogen and oxygen atoms in total. The van der Waals surface area contributed by atoms with Crippen LogP contribution in [0.5, 0.6) is 5.75 Å². The van der Waals surface area contributed by atoms with Crippen LogP contribution < -0.4 is 10.1 Å². The van der Waals surface area contributed by atoms with Gasteiger partial charge >= 0.3 is 5.97 Å². The standard InChI is InChI=1S/C15H21NO3/c1-18-12-8-6-11(7-9-12)14(15(17)19-2)13-5-3-4-10-16-13/h6-9,13-14,16H,3-5,10H2,1-2H3/t13-,14-/m1/s1. The number of hydrogen-bond donors (Lipinski definition) is 1. The van der Waals surface area contributed by atoms with Crippen molar-refractivity contribution in [1.29, 1.82) is 0 Å². The molecule has 0 aromatic heterocycles. The second kappa shape index (κ2) is 6.57. The minimum Gasteiger partial charge on any atom is -0.497 e. The van der Waals surface area contributed by atoms with E-state index < -0.39 is 0 Å². The lowest BCUT2D eigenvalue weighted by Gasteiger charge is -2.30. The van der Waals surface area contributed by atoms with E-state index in [0.717, 1.165) is 30.7 Å². The zero-order valence-electron chi connectivity index (χ0n) is 11.5. The van der Waals surface area contributed by atoms with Crippen molar-refractivity contribution in [3.05, 3.63) is 29.8 Å². The summed E-state index contributed by atoms with van der Waals surface area (Å²) in [5, 5.41) is 3.43. The molecule has 1 N–H and O–H groups in total. The quantitative estimate of drug-likeness (QED) is 0.845. The van der Waals surface area contributed by atoms with Crippen molar-refractivity contribution < 1.29 is 14.3 Å². The topological polar surface area (TPSA) is 47.6 Å². The fourth-order valence-electron chi connectivity index (χ4n) is 2.63. The van der Waals surface area contributed by atoms with Gasteiger partial charge in [-0.05, 0) is 37.1 Å². The lowest BCUT2D eigenvalue weighted by Crippen LogP contribution is -2.42. The lowest BCUT2D eigenvalue weighted by atomic mass is 9.86. The summed E-state index contributed by atoms with van der Waals surface area (Å²) in [4.78, 5) is 12.1. The number of esters is 1. The maximum absolute atomic E-state index is 12.1. The number of ether oxygens (including phenoxy) is 2. The van der Waals surface area contributed by atoms with Gasteiger partial charge in [-0.15, -0.1) is 0 Å². The molecule has 2 rings (SSSR count). The van der Waals surface area contributed by atoms with Crippen molar-refractivity contribution in [2.24, 2.45) is 0 Å². The van der Waals surface area contributed by atoms with Crippen molar-refractivity contribution in [1.82, 2.24) is 5.32 Å². The summed E-state index contributed by atoms with van der Waals surface area (Å²) in [6, 6.07) is 7.81. The molecule has 0 unspecified atom stereocenters. The van der Waals surface area contributed by atoms with Crippen molar-refractivity contribution in [2.45, 2.75) is 31.2 Å². The zero-order valence-corrected chi connectivity index (χ0v) is 11.5. The molecule has 1 aromatic rings. The van der Waals surface area contributed by atoms with E-state index in [9.17, 15) is 4.79 Å². The largest absolute Gasteiger partial charge is 0.497 e. The first-order chi connectivity index (χ1) is 9.26. The van der Waals surface area contributed by atoms with Gasteiger partial charge in [0.05, 0.1) is 20.1 Å². The van der Waals surface area contributed by atoms with Crippen LogP contribution in [0.25, 0.3) is 0 Å². The van der Waals surface area contributed by atoms with Crippen LogP contribution in [0.1, 0.15) is 30.7 Å². The highest BCUT2D eigenvalue weighted by atomic mass is 16.5. The second-order valence-corrected chi connectivity index (χ2v) is 4.83. The van der Waals surface area contributed by atoms with Crippen LogP contribution in [0, 0.1) is 0 Å². The third-order valence-corrected chi connectivity index (χ3v) is 3.68. The summed E-state index contributed by atoms with van der Waals surface area (Å²) >= 11 is 0. The Hall–Kier alpha value is -1.55. The average Bonchev–Trinajstić information content (AvgIpc) is 2.49. The Balaban J connectivity index is 2.22. The molecule has 0 radical (unpaired) electrons. The monoisotopic (exact) mass is 263 g/mol. The predicted molar refractivity (Wildman–Crippen MR) is 73.4 cm³/mol. The molecule has 19 heavy (non-hydrogen) atoms. The molecule has 1 aromatic carbocycles. The summed E-state index contributed by atoms with van der Waals surface area (Å²) in [6.07, 6.45) is 3.33. The third-order valence-electron chi connectivity index (χ3n) is 3.68. The van der Waals surface area contributed by atoms with E-state index >= 15 is 0 Å². The van der Waals surface area contributed by atoms with Crippen LogP contribution in [-0.4, -0.2) is 32.8 Å². The lowest BCUT2D eigenvalue weighted by molar-refractivity contribution is -0.143. The first-order valence-electron chi connectivity index (χ1n) is 6.71. The molecule has 1 heterocycles. The van der Waals surface area contributed by atoms with Crippen molar-refractivity contribution in [2.75, 3.05) is 20.8 Å². The molecular weight excluding hydrogens is 242 g/mol. The normalized spacial score (nSPS) is 20.6. The summed E-state index contributed by atoms with van der Waals surface area (Å²) < 4.78 is 10.1. The Bertz CT molecular complexity index is 410. The number of hydrogen-bond acceptors (Lipinski definition) is 4. The minimum atomic E-state index is -0.240.